The summed E-state index contributed by atoms with van der Waals surface area (Å²) in [5.41, 5.74) is 6.07. The van der Waals surface area contributed by atoms with Crippen LogP contribution in [0.15, 0.2) is 70.9 Å². The number of allylic oxidation sites excluding steroid dienone is 1. The standard InChI is InChI=1S/C30H24ClN5O3/c31-26-14-32-30(33-22-12-23-7-8-24(13-22)39-23)34-28(26)19-5-6-21-16-36(29(38)25(21)11-19)17-27(37)35-10-9-18-3-1-2-4-20(18)15-35/h1-8,11-12,14H,9-10,13,15-17H2,(H,32,33,34). The molecule has 0 spiro atoms. The third-order valence-electron chi connectivity index (χ3n) is 7.45. The van der Waals surface area contributed by atoms with Gasteiger partial charge in [-0.25, -0.2) is 9.97 Å². The molecule has 39 heavy (non-hydrogen) atoms. The lowest BCUT2D eigenvalue weighted by molar-refractivity contribution is -0.132. The predicted octanol–water partition coefficient (Wildman–Crippen LogP) is 4.94. The van der Waals surface area contributed by atoms with Gasteiger partial charge in [0, 0.05) is 49.0 Å². The molecule has 3 aliphatic heterocycles. The average molecular weight is 538 g/mol. The maximum atomic E-state index is 13.3. The second kappa shape index (κ2) is 9.39. The monoisotopic (exact) mass is 537 g/mol. The molecule has 4 aromatic rings. The smallest absolute Gasteiger partial charge is 0.254 e. The second-order valence-electron chi connectivity index (χ2n) is 10.0. The normalized spacial score (nSPS) is 15.6. The van der Waals surface area contributed by atoms with E-state index in [9.17, 15) is 9.59 Å². The summed E-state index contributed by atoms with van der Waals surface area (Å²) < 4.78 is 5.60. The van der Waals surface area contributed by atoms with Crippen molar-refractivity contribution in [3.05, 3.63) is 105 Å². The van der Waals surface area contributed by atoms with E-state index < -0.39 is 0 Å². The number of rotatable bonds is 5. The molecule has 0 saturated heterocycles. The molecule has 7 rings (SSSR count). The van der Waals surface area contributed by atoms with Crippen molar-refractivity contribution in [1.82, 2.24) is 19.8 Å². The number of carbonyl (C=O) groups excluding carboxylic acids is 2. The van der Waals surface area contributed by atoms with Gasteiger partial charge < -0.3 is 19.5 Å². The lowest BCUT2D eigenvalue weighted by Crippen LogP contribution is -2.42. The van der Waals surface area contributed by atoms with E-state index in [2.05, 4.69) is 27.4 Å². The zero-order valence-electron chi connectivity index (χ0n) is 21.0. The Morgan fingerprint density at radius 3 is 2.79 bits per heavy atom. The first-order valence-electron chi connectivity index (χ1n) is 12.9. The summed E-state index contributed by atoms with van der Waals surface area (Å²) in [5.74, 6) is 1.85. The molecule has 9 heteroatoms. The summed E-state index contributed by atoms with van der Waals surface area (Å²) >= 11 is 6.49. The van der Waals surface area contributed by atoms with Gasteiger partial charge in [0.05, 0.1) is 16.9 Å². The SMILES string of the molecule is O=C(CN1Cc2ccc(-c3nc(NC4=Cc5ccc(o5)C4)ncc3Cl)cc2C1=O)N1CCc2ccccc2C1. The van der Waals surface area contributed by atoms with Gasteiger partial charge in [0.2, 0.25) is 11.9 Å². The van der Waals surface area contributed by atoms with Gasteiger partial charge in [0.15, 0.2) is 0 Å². The number of halogens is 1. The molecule has 0 radical (unpaired) electrons. The number of amides is 2. The molecule has 8 nitrogen and oxygen atoms in total. The minimum absolute atomic E-state index is 0.0391. The number of fused-ring (bicyclic) bond motifs is 4. The summed E-state index contributed by atoms with van der Waals surface area (Å²) in [6, 6.07) is 17.7. The largest absolute Gasteiger partial charge is 0.461 e. The van der Waals surface area contributed by atoms with Crippen LogP contribution >= 0.6 is 11.6 Å². The Morgan fingerprint density at radius 1 is 1.05 bits per heavy atom. The van der Waals surface area contributed by atoms with Crippen molar-refractivity contribution < 1.29 is 14.0 Å². The van der Waals surface area contributed by atoms with Crippen molar-refractivity contribution in [1.29, 1.82) is 0 Å². The lowest BCUT2D eigenvalue weighted by Gasteiger charge is -2.30. The minimum Gasteiger partial charge on any atom is -0.461 e. The van der Waals surface area contributed by atoms with Gasteiger partial charge in [-0.3, -0.25) is 9.59 Å². The third kappa shape index (κ3) is 4.46. The van der Waals surface area contributed by atoms with Crippen LogP contribution in [0, 0.1) is 0 Å². The van der Waals surface area contributed by atoms with Crippen LogP contribution in [0.1, 0.15) is 38.6 Å². The van der Waals surface area contributed by atoms with Crippen molar-refractivity contribution in [3.63, 3.8) is 0 Å². The summed E-state index contributed by atoms with van der Waals surface area (Å²) in [6.07, 6.45) is 4.91. The van der Waals surface area contributed by atoms with E-state index in [4.69, 9.17) is 16.0 Å². The van der Waals surface area contributed by atoms with Crippen LogP contribution in [0.25, 0.3) is 17.3 Å². The fraction of sp³-hybridized carbons (Fsp3) is 0.200. The number of nitrogens with zero attached hydrogens (tertiary/aromatic N) is 4. The first-order chi connectivity index (χ1) is 19.0. The molecule has 0 saturated carbocycles. The van der Waals surface area contributed by atoms with Gasteiger partial charge in [-0.05, 0) is 41.3 Å². The van der Waals surface area contributed by atoms with Crippen LogP contribution in [0.3, 0.4) is 0 Å². The van der Waals surface area contributed by atoms with Gasteiger partial charge in [0.1, 0.15) is 18.1 Å². The zero-order valence-corrected chi connectivity index (χ0v) is 21.7. The van der Waals surface area contributed by atoms with Crippen molar-refractivity contribution in [3.8, 4) is 11.3 Å². The molecular weight excluding hydrogens is 514 g/mol. The molecule has 1 N–H and O–H groups in total. The Morgan fingerprint density at radius 2 is 1.92 bits per heavy atom. The number of anilines is 1. The Kier molecular flexibility index (Phi) is 5.70. The molecule has 3 aliphatic rings. The number of hydrogen-bond acceptors (Lipinski definition) is 6. The quantitative estimate of drug-likeness (QED) is 0.388. The van der Waals surface area contributed by atoms with Gasteiger partial charge in [0.25, 0.3) is 5.91 Å². The Bertz CT molecular complexity index is 1680. The summed E-state index contributed by atoms with van der Waals surface area (Å²) in [5, 5.41) is 3.63. The van der Waals surface area contributed by atoms with Crippen LogP contribution in [-0.4, -0.2) is 44.7 Å². The zero-order chi connectivity index (χ0) is 26.5. The van der Waals surface area contributed by atoms with E-state index in [1.807, 2.05) is 47.4 Å². The van der Waals surface area contributed by atoms with Crippen molar-refractivity contribution in [2.24, 2.45) is 0 Å². The molecule has 0 unspecified atom stereocenters. The van der Waals surface area contributed by atoms with Crippen molar-refractivity contribution >= 4 is 35.4 Å². The number of benzene rings is 2. The minimum atomic E-state index is -0.162. The van der Waals surface area contributed by atoms with Crippen molar-refractivity contribution in [2.75, 3.05) is 18.4 Å². The Hall–Kier alpha value is -4.43. The van der Waals surface area contributed by atoms with Crippen LogP contribution in [0.4, 0.5) is 5.95 Å². The molecule has 194 valence electrons. The van der Waals surface area contributed by atoms with Crippen LogP contribution < -0.4 is 5.32 Å². The molecule has 0 atom stereocenters. The van der Waals surface area contributed by atoms with Crippen LogP contribution in [0.2, 0.25) is 5.02 Å². The number of carbonyl (C=O) groups is 2. The first-order valence-corrected chi connectivity index (χ1v) is 13.2. The molecule has 0 aliphatic carbocycles. The summed E-state index contributed by atoms with van der Waals surface area (Å²) in [6.45, 7) is 1.70. The number of nitrogens with one attached hydrogen (secondary N) is 1. The van der Waals surface area contributed by atoms with Gasteiger partial charge >= 0.3 is 0 Å². The maximum Gasteiger partial charge on any atom is 0.254 e. The highest BCUT2D eigenvalue weighted by Crippen LogP contribution is 2.32. The topological polar surface area (TPSA) is 91.6 Å². The molecule has 0 fully saturated rings. The fourth-order valence-corrected chi connectivity index (χ4v) is 5.64. The molecule has 2 amide bonds. The number of aromatic nitrogens is 2. The molecule has 2 aromatic heterocycles. The van der Waals surface area contributed by atoms with E-state index in [0.717, 1.165) is 29.2 Å². The van der Waals surface area contributed by atoms with E-state index in [0.29, 0.717) is 53.8 Å². The van der Waals surface area contributed by atoms with Gasteiger partial charge in [-0.1, -0.05) is 48.0 Å². The fourth-order valence-electron chi connectivity index (χ4n) is 5.44. The van der Waals surface area contributed by atoms with Crippen molar-refractivity contribution in [2.45, 2.75) is 25.9 Å². The van der Waals surface area contributed by atoms with Gasteiger partial charge in [-0.15, -0.1) is 0 Å². The summed E-state index contributed by atoms with van der Waals surface area (Å²) in [7, 11) is 0. The van der Waals surface area contributed by atoms with E-state index in [1.165, 1.54) is 11.1 Å². The molecule has 2 aromatic carbocycles. The lowest BCUT2D eigenvalue weighted by atomic mass is 10.00. The summed E-state index contributed by atoms with van der Waals surface area (Å²) in [4.78, 5) is 38.9. The number of hydrogen-bond donors (Lipinski definition) is 1. The molecule has 2 bridgehead atoms. The second-order valence-corrected chi connectivity index (χ2v) is 10.4. The van der Waals surface area contributed by atoms with Crippen LogP contribution in [-0.2, 0) is 30.7 Å². The predicted molar refractivity (Wildman–Crippen MR) is 147 cm³/mol. The van der Waals surface area contributed by atoms with Crippen LogP contribution in [0.5, 0.6) is 0 Å². The van der Waals surface area contributed by atoms with E-state index >= 15 is 0 Å². The van der Waals surface area contributed by atoms with E-state index in [1.54, 1.807) is 17.2 Å². The Labute approximate surface area is 229 Å². The highest BCUT2D eigenvalue weighted by Gasteiger charge is 2.31. The molecule has 5 heterocycles. The first kappa shape index (κ1) is 23.7. The Balaban J connectivity index is 1.07. The average Bonchev–Trinajstić information content (AvgIpc) is 3.46. The molecular formula is C30H24ClN5O3. The highest BCUT2D eigenvalue weighted by molar-refractivity contribution is 6.33. The third-order valence-corrected chi connectivity index (χ3v) is 7.73. The number of furan rings is 1. The van der Waals surface area contributed by atoms with Gasteiger partial charge in [-0.2, -0.15) is 0 Å². The maximum absolute atomic E-state index is 13.3. The van der Waals surface area contributed by atoms with E-state index in [-0.39, 0.29) is 18.4 Å². The highest BCUT2D eigenvalue weighted by atomic mass is 35.5.